The summed E-state index contributed by atoms with van der Waals surface area (Å²) in [7, 11) is 3.31. The maximum Gasteiger partial charge on any atom is 0.176 e. The maximum absolute atomic E-state index is 12.4. The number of methoxy groups -OCH3 is 2. The van der Waals surface area contributed by atoms with Crippen molar-refractivity contribution in [3.8, 4) is 11.5 Å². The molecule has 0 spiro atoms. The molecule has 25 heavy (non-hydrogen) atoms. The van der Waals surface area contributed by atoms with Crippen LogP contribution in [0.1, 0.15) is 10.4 Å². The van der Waals surface area contributed by atoms with Crippen molar-refractivity contribution in [3.05, 3.63) is 54.1 Å². The highest BCUT2D eigenvalue weighted by molar-refractivity contribution is 5.97. The van der Waals surface area contributed by atoms with Crippen molar-refractivity contribution in [3.63, 3.8) is 0 Å². The van der Waals surface area contributed by atoms with E-state index >= 15 is 0 Å². The van der Waals surface area contributed by atoms with Crippen molar-refractivity contribution < 1.29 is 14.3 Å². The fourth-order valence-electron chi connectivity index (χ4n) is 3.04. The number of Topliss-reactive ketones (excluding diaryl/α,β-unsaturated/α-hetero) is 1. The molecule has 0 radical (unpaired) electrons. The molecule has 0 unspecified atom stereocenters. The van der Waals surface area contributed by atoms with E-state index in [1.807, 2.05) is 36.4 Å². The number of ketones is 1. The number of carbonyl (C=O) groups excluding carboxylic acids is 1. The molecule has 1 aliphatic rings. The summed E-state index contributed by atoms with van der Waals surface area (Å²) in [6, 6.07) is 15.4. The van der Waals surface area contributed by atoms with Gasteiger partial charge >= 0.3 is 0 Å². The maximum atomic E-state index is 12.4. The van der Waals surface area contributed by atoms with Crippen molar-refractivity contribution in [1.29, 1.82) is 0 Å². The number of benzene rings is 2. The average molecular weight is 340 g/mol. The van der Waals surface area contributed by atoms with Gasteiger partial charge in [0.2, 0.25) is 0 Å². The van der Waals surface area contributed by atoms with Crippen molar-refractivity contribution in [2.24, 2.45) is 0 Å². The van der Waals surface area contributed by atoms with E-state index in [2.05, 4.69) is 21.9 Å². The molecule has 0 bridgehead atoms. The van der Waals surface area contributed by atoms with Crippen LogP contribution in [0.4, 0.5) is 5.69 Å². The number of rotatable bonds is 6. The molecule has 2 aromatic carbocycles. The second-order valence-electron chi connectivity index (χ2n) is 6.12. The van der Waals surface area contributed by atoms with Crippen LogP contribution in [0, 0.1) is 0 Å². The predicted molar refractivity (Wildman–Crippen MR) is 99.0 cm³/mol. The Labute approximate surface area is 148 Å². The molecule has 5 heteroatoms. The number of piperazine rings is 1. The monoisotopic (exact) mass is 340 g/mol. The number of anilines is 1. The van der Waals surface area contributed by atoms with Gasteiger partial charge in [0.15, 0.2) is 5.78 Å². The summed E-state index contributed by atoms with van der Waals surface area (Å²) in [6.45, 7) is 4.02. The van der Waals surface area contributed by atoms with Gasteiger partial charge in [-0.15, -0.1) is 0 Å². The van der Waals surface area contributed by atoms with E-state index in [0.29, 0.717) is 6.54 Å². The molecule has 0 N–H and O–H groups in total. The van der Waals surface area contributed by atoms with E-state index in [1.54, 1.807) is 14.2 Å². The fraction of sp³-hybridized carbons (Fsp3) is 0.350. The van der Waals surface area contributed by atoms with Crippen molar-refractivity contribution in [1.82, 2.24) is 4.90 Å². The molecule has 3 rings (SSSR count). The third-order valence-electron chi connectivity index (χ3n) is 4.57. The Balaban J connectivity index is 1.54. The standard InChI is InChI=1S/C20H24N2O3/c1-24-18-8-6-16(7-9-18)20(23)15-21-10-12-22(13-11-21)17-4-3-5-19(14-17)25-2/h3-9,14H,10-13,15H2,1-2H3. The summed E-state index contributed by atoms with van der Waals surface area (Å²) in [4.78, 5) is 17.0. The number of carbonyl (C=O) groups is 1. The number of nitrogens with zero attached hydrogens (tertiary/aromatic N) is 2. The minimum Gasteiger partial charge on any atom is -0.497 e. The highest BCUT2D eigenvalue weighted by atomic mass is 16.5. The Morgan fingerprint density at radius 1 is 0.920 bits per heavy atom. The van der Waals surface area contributed by atoms with Gasteiger partial charge in [-0.25, -0.2) is 0 Å². The first kappa shape index (κ1) is 17.3. The molecular weight excluding hydrogens is 316 g/mol. The van der Waals surface area contributed by atoms with Gasteiger partial charge < -0.3 is 14.4 Å². The predicted octanol–water partition coefficient (Wildman–Crippen LogP) is 2.71. The van der Waals surface area contributed by atoms with E-state index < -0.39 is 0 Å². The lowest BCUT2D eigenvalue weighted by Crippen LogP contribution is -2.48. The lowest BCUT2D eigenvalue weighted by molar-refractivity contribution is 0.0926. The Hall–Kier alpha value is -2.53. The molecule has 0 saturated carbocycles. The van der Waals surface area contributed by atoms with Crippen LogP contribution in [0.25, 0.3) is 0 Å². The summed E-state index contributed by atoms with van der Waals surface area (Å²) in [5, 5.41) is 0. The van der Waals surface area contributed by atoms with Gasteiger partial charge in [0, 0.05) is 43.5 Å². The molecule has 1 fully saturated rings. The summed E-state index contributed by atoms with van der Waals surface area (Å²) >= 11 is 0. The average Bonchev–Trinajstić information content (AvgIpc) is 2.68. The molecule has 0 aliphatic carbocycles. The van der Waals surface area contributed by atoms with Crippen molar-refractivity contribution in [2.45, 2.75) is 0 Å². The van der Waals surface area contributed by atoms with Crippen LogP contribution >= 0.6 is 0 Å². The minimum absolute atomic E-state index is 0.150. The van der Waals surface area contributed by atoms with Gasteiger partial charge in [0.05, 0.1) is 20.8 Å². The van der Waals surface area contributed by atoms with E-state index in [-0.39, 0.29) is 5.78 Å². The molecular formula is C20H24N2O3. The topological polar surface area (TPSA) is 42.0 Å². The van der Waals surface area contributed by atoms with Crippen molar-refractivity contribution >= 4 is 11.5 Å². The Bertz CT molecular complexity index is 707. The van der Waals surface area contributed by atoms with Gasteiger partial charge in [-0.2, -0.15) is 0 Å². The van der Waals surface area contributed by atoms with E-state index in [4.69, 9.17) is 9.47 Å². The highest BCUT2D eigenvalue weighted by Crippen LogP contribution is 2.22. The molecule has 132 valence electrons. The second kappa shape index (κ2) is 8.03. The van der Waals surface area contributed by atoms with Crippen molar-refractivity contribution in [2.75, 3.05) is 51.8 Å². The van der Waals surface area contributed by atoms with Gasteiger partial charge in [-0.3, -0.25) is 9.69 Å². The zero-order valence-corrected chi connectivity index (χ0v) is 14.8. The van der Waals surface area contributed by atoms with Crippen LogP contribution in [0.2, 0.25) is 0 Å². The van der Waals surface area contributed by atoms with Gasteiger partial charge in [0.1, 0.15) is 11.5 Å². The first-order valence-corrected chi connectivity index (χ1v) is 8.48. The van der Waals surface area contributed by atoms with Gasteiger partial charge in [-0.1, -0.05) is 6.07 Å². The first-order chi connectivity index (χ1) is 12.2. The summed E-state index contributed by atoms with van der Waals surface area (Å²) in [5.41, 5.74) is 1.90. The summed E-state index contributed by atoms with van der Waals surface area (Å²) < 4.78 is 10.4. The number of hydrogen-bond acceptors (Lipinski definition) is 5. The second-order valence-corrected chi connectivity index (χ2v) is 6.12. The Morgan fingerprint density at radius 3 is 2.24 bits per heavy atom. The normalized spacial score (nSPS) is 15.0. The van der Waals surface area contributed by atoms with Crippen LogP contribution in [0.3, 0.4) is 0 Å². The Morgan fingerprint density at radius 2 is 1.60 bits per heavy atom. The lowest BCUT2D eigenvalue weighted by Gasteiger charge is -2.35. The SMILES string of the molecule is COc1ccc(C(=O)CN2CCN(c3cccc(OC)c3)CC2)cc1. The molecule has 1 aliphatic heterocycles. The molecule has 0 atom stereocenters. The van der Waals surface area contributed by atoms with Crippen LogP contribution < -0.4 is 14.4 Å². The van der Waals surface area contributed by atoms with Crippen LogP contribution in [0.5, 0.6) is 11.5 Å². The minimum atomic E-state index is 0.150. The van der Waals surface area contributed by atoms with Gasteiger partial charge in [-0.05, 0) is 36.4 Å². The third-order valence-corrected chi connectivity index (χ3v) is 4.57. The smallest absolute Gasteiger partial charge is 0.176 e. The van der Waals surface area contributed by atoms with E-state index in [1.165, 1.54) is 5.69 Å². The quantitative estimate of drug-likeness (QED) is 0.757. The zero-order chi connectivity index (χ0) is 17.6. The largest absolute Gasteiger partial charge is 0.497 e. The zero-order valence-electron chi connectivity index (χ0n) is 14.8. The molecule has 1 saturated heterocycles. The number of ether oxygens (including phenoxy) is 2. The van der Waals surface area contributed by atoms with Crippen LogP contribution in [-0.4, -0.2) is 57.6 Å². The molecule has 0 amide bonds. The van der Waals surface area contributed by atoms with E-state index in [9.17, 15) is 4.79 Å². The van der Waals surface area contributed by atoms with Crippen LogP contribution in [-0.2, 0) is 0 Å². The summed E-state index contributed by atoms with van der Waals surface area (Å²) in [5.74, 6) is 1.79. The van der Waals surface area contributed by atoms with Gasteiger partial charge in [0.25, 0.3) is 0 Å². The molecule has 1 heterocycles. The summed E-state index contributed by atoms with van der Waals surface area (Å²) in [6.07, 6.45) is 0. The number of hydrogen-bond donors (Lipinski definition) is 0. The fourth-order valence-corrected chi connectivity index (χ4v) is 3.04. The molecule has 2 aromatic rings. The third kappa shape index (κ3) is 4.31. The Kier molecular flexibility index (Phi) is 5.56. The lowest BCUT2D eigenvalue weighted by atomic mass is 10.1. The van der Waals surface area contributed by atoms with Crippen LogP contribution in [0.15, 0.2) is 48.5 Å². The van der Waals surface area contributed by atoms with E-state index in [0.717, 1.165) is 43.2 Å². The highest BCUT2D eigenvalue weighted by Gasteiger charge is 2.20. The molecule has 5 nitrogen and oxygen atoms in total. The first-order valence-electron chi connectivity index (χ1n) is 8.48. The molecule has 0 aromatic heterocycles.